The number of quaternary nitrogens is 1. The molecular formula is C23H33N2O3S+. The van der Waals surface area contributed by atoms with E-state index >= 15 is 0 Å². The second-order valence-electron chi connectivity index (χ2n) is 8.09. The average molecular weight is 418 g/mol. The van der Waals surface area contributed by atoms with Crippen molar-refractivity contribution in [1.29, 1.82) is 0 Å². The van der Waals surface area contributed by atoms with Crippen LogP contribution in [0.5, 0.6) is 0 Å². The highest BCUT2D eigenvalue weighted by molar-refractivity contribution is 7.89. The van der Waals surface area contributed by atoms with Crippen LogP contribution in [0.3, 0.4) is 0 Å². The molecule has 0 unspecified atom stereocenters. The number of hydrogen-bond acceptors (Lipinski definition) is 3. The molecule has 0 bridgehead atoms. The molecule has 0 saturated carbocycles. The Morgan fingerprint density at radius 1 is 0.862 bits per heavy atom. The predicted molar refractivity (Wildman–Crippen MR) is 116 cm³/mol. The van der Waals surface area contributed by atoms with E-state index < -0.39 is 10.0 Å². The van der Waals surface area contributed by atoms with Gasteiger partial charge in [-0.05, 0) is 68.0 Å². The molecule has 6 heteroatoms. The zero-order valence-corrected chi connectivity index (χ0v) is 19.0. The molecule has 1 aliphatic heterocycles. The van der Waals surface area contributed by atoms with Gasteiger partial charge in [0.25, 0.3) is 0 Å². The van der Waals surface area contributed by atoms with Gasteiger partial charge in [0.1, 0.15) is 19.6 Å². The van der Waals surface area contributed by atoms with E-state index in [1.807, 2.05) is 45.9 Å². The number of sulfonamides is 1. The molecule has 2 aromatic carbocycles. The van der Waals surface area contributed by atoms with Crippen LogP contribution in [0, 0.1) is 34.6 Å². The van der Waals surface area contributed by atoms with E-state index in [4.69, 9.17) is 4.74 Å². The van der Waals surface area contributed by atoms with Gasteiger partial charge < -0.3 is 9.64 Å². The fourth-order valence-corrected chi connectivity index (χ4v) is 5.72. The number of benzene rings is 2. The van der Waals surface area contributed by atoms with Crippen LogP contribution in [0.4, 0.5) is 0 Å². The summed E-state index contributed by atoms with van der Waals surface area (Å²) in [5, 5.41) is 0. The first-order valence-corrected chi connectivity index (χ1v) is 11.8. The highest BCUT2D eigenvalue weighted by Gasteiger charge is 2.24. The lowest BCUT2D eigenvalue weighted by atomic mass is 9.95. The summed E-state index contributed by atoms with van der Waals surface area (Å²) in [6, 6.07) is 8.11. The molecule has 5 nitrogen and oxygen atoms in total. The van der Waals surface area contributed by atoms with Gasteiger partial charge in [-0.2, -0.15) is 0 Å². The van der Waals surface area contributed by atoms with Crippen LogP contribution >= 0.6 is 0 Å². The van der Waals surface area contributed by atoms with Gasteiger partial charge in [0, 0.05) is 12.1 Å². The molecule has 1 fully saturated rings. The Labute approximate surface area is 175 Å². The minimum absolute atomic E-state index is 0.299. The van der Waals surface area contributed by atoms with Gasteiger partial charge in [-0.25, -0.2) is 13.1 Å². The van der Waals surface area contributed by atoms with Crippen molar-refractivity contribution in [1.82, 2.24) is 4.72 Å². The van der Waals surface area contributed by atoms with E-state index in [0.717, 1.165) is 66.2 Å². The molecule has 0 amide bonds. The first-order chi connectivity index (χ1) is 13.7. The third kappa shape index (κ3) is 4.72. The first kappa shape index (κ1) is 22.0. The molecule has 1 aliphatic rings. The maximum atomic E-state index is 13.2. The van der Waals surface area contributed by atoms with Crippen LogP contribution in [0.2, 0.25) is 0 Å². The quantitative estimate of drug-likeness (QED) is 0.757. The number of morpholine rings is 1. The zero-order chi connectivity index (χ0) is 21.2. The van der Waals surface area contributed by atoms with Crippen molar-refractivity contribution < 1.29 is 18.1 Å². The molecule has 0 aromatic heterocycles. The zero-order valence-electron chi connectivity index (χ0n) is 18.2. The standard InChI is InChI=1S/C23H32N2O3S/c1-16-17(2)19(4)23(20(5)18(16)3)29(26,27)24-14-21-8-6-7-9-22(21)15-25-10-12-28-13-11-25/h6-9,24H,10-15H2,1-5H3/p+1. The van der Waals surface area contributed by atoms with Crippen LogP contribution in [-0.2, 0) is 27.8 Å². The van der Waals surface area contributed by atoms with Crippen LogP contribution in [0.15, 0.2) is 29.2 Å². The Kier molecular flexibility index (Phi) is 6.79. The summed E-state index contributed by atoms with van der Waals surface area (Å²) >= 11 is 0. The molecule has 2 aromatic rings. The van der Waals surface area contributed by atoms with E-state index in [-0.39, 0.29) is 0 Å². The lowest BCUT2D eigenvalue weighted by molar-refractivity contribution is -0.921. The SMILES string of the molecule is Cc1c(C)c(C)c(S(=O)(=O)NCc2ccccc2C[NH+]2CCOCC2)c(C)c1C. The van der Waals surface area contributed by atoms with Gasteiger partial charge in [0.05, 0.1) is 18.1 Å². The lowest BCUT2D eigenvalue weighted by Gasteiger charge is -2.25. The summed E-state index contributed by atoms with van der Waals surface area (Å²) in [4.78, 5) is 1.90. The predicted octanol–water partition coefficient (Wildman–Crippen LogP) is 2.12. The van der Waals surface area contributed by atoms with E-state index in [9.17, 15) is 8.42 Å². The van der Waals surface area contributed by atoms with Gasteiger partial charge in [0.15, 0.2) is 0 Å². The van der Waals surface area contributed by atoms with Gasteiger partial charge in [-0.15, -0.1) is 0 Å². The van der Waals surface area contributed by atoms with E-state index in [2.05, 4.69) is 17.7 Å². The van der Waals surface area contributed by atoms with Gasteiger partial charge in [0.2, 0.25) is 10.0 Å². The normalized spacial score (nSPS) is 15.6. The molecule has 1 saturated heterocycles. The summed E-state index contributed by atoms with van der Waals surface area (Å²) < 4.78 is 34.8. The van der Waals surface area contributed by atoms with E-state index in [0.29, 0.717) is 11.4 Å². The molecule has 3 rings (SSSR count). The first-order valence-electron chi connectivity index (χ1n) is 10.3. The summed E-state index contributed by atoms with van der Waals surface area (Å²) in [6.07, 6.45) is 0. The molecule has 158 valence electrons. The molecule has 0 aliphatic carbocycles. The van der Waals surface area contributed by atoms with Crippen LogP contribution < -0.4 is 9.62 Å². The fourth-order valence-electron chi connectivity index (χ4n) is 4.12. The van der Waals surface area contributed by atoms with Gasteiger partial charge in [-0.1, -0.05) is 24.3 Å². The largest absolute Gasteiger partial charge is 0.370 e. The van der Waals surface area contributed by atoms with Crippen LogP contribution in [-0.4, -0.2) is 34.7 Å². The summed E-state index contributed by atoms with van der Waals surface area (Å²) in [5.41, 5.74) is 7.16. The Morgan fingerprint density at radius 2 is 1.38 bits per heavy atom. The third-order valence-electron chi connectivity index (χ3n) is 6.41. The van der Waals surface area contributed by atoms with Crippen molar-refractivity contribution in [2.45, 2.75) is 52.6 Å². The van der Waals surface area contributed by atoms with Crippen molar-refractivity contribution in [3.63, 3.8) is 0 Å². The van der Waals surface area contributed by atoms with Crippen molar-refractivity contribution in [3.8, 4) is 0 Å². The van der Waals surface area contributed by atoms with Gasteiger partial charge in [-0.3, -0.25) is 0 Å². The molecule has 0 atom stereocenters. The maximum absolute atomic E-state index is 13.2. The second-order valence-corrected chi connectivity index (χ2v) is 9.79. The number of ether oxygens (including phenoxy) is 1. The second kappa shape index (κ2) is 8.96. The number of nitrogens with one attached hydrogen (secondary N) is 2. The highest BCUT2D eigenvalue weighted by atomic mass is 32.2. The molecule has 1 heterocycles. The molecule has 29 heavy (non-hydrogen) atoms. The van der Waals surface area contributed by atoms with Crippen molar-refractivity contribution >= 4 is 10.0 Å². The van der Waals surface area contributed by atoms with Crippen molar-refractivity contribution in [2.24, 2.45) is 0 Å². The van der Waals surface area contributed by atoms with Gasteiger partial charge >= 0.3 is 0 Å². The maximum Gasteiger partial charge on any atom is 0.241 e. The summed E-state index contributed by atoms with van der Waals surface area (Å²) in [5.74, 6) is 0. The monoisotopic (exact) mass is 417 g/mol. The Balaban J connectivity index is 1.83. The minimum Gasteiger partial charge on any atom is -0.370 e. The van der Waals surface area contributed by atoms with Crippen LogP contribution in [0.25, 0.3) is 0 Å². The Bertz CT molecular complexity index is 964. The Hall–Kier alpha value is -1.73. The number of rotatable bonds is 6. The molecule has 0 radical (unpaired) electrons. The third-order valence-corrected chi connectivity index (χ3v) is 8.09. The Morgan fingerprint density at radius 3 is 1.97 bits per heavy atom. The molecule has 2 N–H and O–H groups in total. The topological polar surface area (TPSA) is 59.8 Å². The van der Waals surface area contributed by atoms with Crippen molar-refractivity contribution in [3.05, 3.63) is 63.2 Å². The van der Waals surface area contributed by atoms with Crippen LogP contribution in [0.1, 0.15) is 38.9 Å². The smallest absolute Gasteiger partial charge is 0.241 e. The lowest BCUT2D eigenvalue weighted by Crippen LogP contribution is -3.12. The molecule has 0 spiro atoms. The number of hydrogen-bond donors (Lipinski definition) is 2. The van der Waals surface area contributed by atoms with E-state index in [1.165, 1.54) is 10.5 Å². The minimum atomic E-state index is -3.61. The summed E-state index contributed by atoms with van der Waals surface area (Å²) in [6.45, 7) is 14.6. The summed E-state index contributed by atoms with van der Waals surface area (Å²) in [7, 11) is -3.61. The average Bonchev–Trinajstić information content (AvgIpc) is 2.71. The van der Waals surface area contributed by atoms with E-state index in [1.54, 1.807) is 0 Å². The highest BCUT2D eigenvalue weighted by Crippen LogP contribution is 2.29. The molecular weight excluding hydrogens is 384 g/mol. The van der Waals surface area contributed by atoms with Crippen molar-refractivity contribution in [2.75, 3.05) is 26.3 Å². The fraction of sp³-hybridized carbons (Fsp3) is 0.478.